The quantitative estimate of drug-likeness (QED) is 0.294. The first-order valence-electron chi connectivity index (χ1n) is 11.5. The summed E-state index contributed by atoms with van der Waals surface area (Å²) in [4.78, 5) is 22.2. The van der Waals surface area contributed by atoms with Gasteiger partial charge in [-0.2, -0.15) is 0 Å². The van der Waals surface area contributed by atoms with Crippen molar-refractivity contribution in [1.29, 1.82) is 0 Å². The number of hydrogen-bond acceptors (Lipinski definition) is 8. The van der Waals surface area contributed by atoms with Crippen LogP contribution in [0.3, 0.4) is 0 Å². The van der Waals surface area contributed by atoms with E-state index in [2.05, 4.69) is 15.3 Å². The number of anilines is 1. The second-order valence-electron chi connectivity index (χ2n) is 8.22. The van der Waals surface area contributed by atoms with Crippen molar-refractivity contribution in [3.8, 4) is 11.5 Å². The van der Waals surface area contributed by atoms with Gasteiger partial charge in [0.25, 0.3) is 5.91 Å². The van der Waals surface area contributed by atoms with Crippen LogP contribution in [0.2, 0.25) is 0 Å². The number of methoxy groups -OCH3 is 1. The molecule has 0 saturated heterocycles. The summed E-state index contributed by atoms with van der Waals surface area (Å²) in [5.74, 6) is 0.771. The number of amides is 1. The van der Waals surface area contributed by atoms with Gasteiger partial charge >= 0.3 is 0 Å². The predicted octanol–water partition coefficient (Wildman–Crippen LogP) is 5.21. The number of hydrogen-bond donors (Lipinski definition) is 1. The van der Waals surface area contributed by atoms with Crippen molar-refractivity contribution in [3.05, 3.63) is 77.4 Å². The molecule has 0 radical (unpaired) electrons. The maximum absolute atomic E-state index is 13.5. The van der Waals surface area contributed by atoms with Crippen molar-refractivity contribution in [1.82, 2.24) is 4.98 Å². The highest BCUT2D eigenvalue weighted by atomic mass is 32.2. The fourth-order valence-electron chi connectivity index (χ4n) is 3.71. The third kappa shape index (κ3) is 5.98. The standard InChI is InChI=1S/C27H27N3O5S2/c1-5-37(32,33)21-12-8-19(9-13-21)25(35-20-10-6-18(7-11-20)16-28-3)26(31)30-27-29-22-14-17(2)23(34-4)15-24(22)36-27/h6-16,25H,5H2,1-4H3,(H,29,30,31)/b28-16+. The molecule has 1 aromatic heterocycles. The fourth-order valence-corrected chi connectivity index (χ4v) is 5.47. The van der Waals surface area contributed by atoms with Crippen LogP contribution in [0.5, 0.6) is 11.5 Å². The lowest BCUT2D eigenvalue weighted by molar-refractivity contribution is -0.123. The first kappa shape index (κ1) is 26.3. The van der Waals surface area contributed by atoms with Crippen molar-refractivity contribution < 1.29 is 22.7 Å². The number of sulfone groups is 1. The molecule has 10 heteroatoms. The zero-order valence-corrected chi connectivity index (χ0v) is 22.5. The van der Waals surface area contributed by atoms with Gasteiger partial charge in [0.1, 0.15) is 11.5 Å². The minimum Gasteiger partial charge on any atom is -0.496 e. The van der Waals surface area contributed by atoms with Gasteiger partial charge in [-0.15, -0.1) is 0 Å². The molecule has 1 atom stereocenters. The van der Waals surface area contributed by atoms with Crippen LogP contribution in [0.1, 0.15) is 29.7 Å². The SMILES string of the molecule is CCS(=O)(=O)c1ccc(C(Oc2ccc(/C=N/C)cc2)C(=O)Nc2nc3cc(C)c(OC)cc3s2)cc1. The van der Waals surface area contributed by atoms with Crippen LogP contribution >= 0.6 is 11.3 Å². The smallest absolute Gasteiger partial charge is 0.271 e. The monoisotopic (exact) mass is 537 g/mol. The molecule has 0 saturated carbocycles. The van der Waals surface area contributed by atoms with Crippen LogP contribution in [-0.4, -0.2) is 45.4 Å². The molecule has 1 amide bonds. The molecule has 4 aromatic rings. The summed E-state index contributed by atoms with van der Waals surface area (Å²) in [7, 11) is -0.0784. The van der Waals surface area contributed by atoms with Gasteiger partial charge in [0.15, 0.2) is 15.0 Å². The van der Waals surface area contributed by atoms with E-state index in [0.29, 0.717) is 16.4 Å². The number of carbonyl (C=O) groups is 1. The first-order chi connectivity index (χ1) is 17.7. The lowest BCUT2D eigenvalue weighted by Gasteiger charge is -2.19. The average molecular weight is 538 g/mol. The Labute approximate surface area is 219 Å². The van der Waals surface area contributed by atoms with E-state index in [4.69, 9.17) is 9.47 Å². The number of aryl methyl sites for hydroxylation is 1. The second kappa shape index (κ2) is 11.1. The molecule has 1 heterocycles. The van der Waals surface area contributed by atoms with E-state index in [9.17, 15) is 13.2 Å². The van der Waals surface area contributed by atoms with Crippen LogP contribution < -0.4 is 14.8 Å². The summed E-state index contributed by atoms with van der Waals surface area (Å²) in [6.45, 7) is 3.52. The number of aliphatic imine (C=N–C) groups is 1. The zero-order valence-electron chi connectivity index (χ0n) is 20.9. The zero-order chi connectivity index (χ0) is 26.6. The maximum Gasteiger partial charge on any atom is 0.271 e. The van der Waals surface area contributed by atoms with Crippen molar-refractivity contribution in [2.75, 3.05) is 25.2 Å². The number of fused-ring (bicyclic) bond motifs is 1. The molecule has 4 rings (SSSR count). The Kier molecular flexibility index (Phi) is 7.89. The second-order valence-corrected chi connectivity index (χ2v) is 11.5. The van der Waals surface area contributed by atoms with Crippen LogP contribution in [0.15, 0.2) is 70.6 Å². The number of rotatable bonds is 9. The number of nitrogens with one attached hydrogen (secondary N) is 1. The molecule has 0 aliphatic carbocycles. The summed E-state index contributed by atoms with van der Waals surface area (Å²) in [6.07, 6.45) is 0.664. The number of thiazole rings is 1. The maximum atomic E-state index is 13.5. The number of aromatic nitrogens is 1. The number of nitrogens with zero attached hydrogens (tertiary/aromatic N) is 2. The van der Waals surface area contributed by atoms with Crippen molar-refractivity contribution in [3.63, 3.8) is 0 Å². The van der Waals surface area contributed by atoms with E-state index in [1.54, 1.807) is 51.6 Å². The third-order valence-corrected chi connectivity index (χ3v) is 8.39. The highest BCUT2D eigenvalue weighted by Gasteiger charge is 2.25. The Bertz CT molecular complexity index is 1540. The molecule has 37 heavy (non-hydrogen) atoms. The molecule has 8 nitrogen and oxygen atoms in total. The normalized spacial score (nSPS) is 12.5. The van der Waals surface area contributed by atoms with Gasteiger partial charge in [0.05, 0.1) is 28.0 Å². The predicted molar refractivity (Wildman–Crippen MR) is 147 cm³/mol. The molecule has 0 aliphatic rings. The fraction of sp³-hybridized carbons (Fsp3) is 0.222. The highest BCUT2D eigenvalue weighted by Crippen LogP contribution is 2.33. The van der Waals surface area contributed by atoms with Gasteiger partial charge in [-0.05, 0) is 66.6 Å². The molecule has 1 unspecified atom stereocenters. The first-order valence-corrected chi connectivity index (χ1v) is 14.0. The Morgan fingerprint density at radius 3 is 2.46 bits per heavy atom. The minimum atomic E-state index is -3.38. The van der Waals surface area contributed by atoms with E-state index in [0.717, 1.165) is 27.1 Å². The molecule has 0 fully saturated rings. The van der Waals surface area contributed by atoms with Gasteiger partial charge < -0.3 is 9.47 Å². The van der Waals surface area contributed by atoms with Crippen LogP contribution in [-0.2, 0) is 14.6 Å². The van der Waals surface area contributed by atoms with Crippen molar-refractivity contribution in [2.24, 2.45) is 4.99 Å². The topological polar surface area (TPSA) is 107 Å². The average Bonchev–Trinajstić information content (AvgIpc) is 3.28. The Hall–Kier alpha value is -3.76. The van der Waals surface area contributed by atoms with Crippen LogP contribution in [0.25, 0.3) is 10.2 Å². The minimum absolute atomic E-state index is 0.0119. The molecule has 192 valence electrons. The number of carbonyl (C=O) groups excluding carboxylic acids is 1. The van der Waals surface area contributed by atoms with Crippen LogP contribution in [0.4, 0.5) is 5.13 Å². The Morgan fingerprint density at radius 1 is 1.14 bits per heavy atom. The van der Waals surface area contributed by atoms with Gasteiger partial charge in [-0.1, -0.05) is 30.4 Å². The lowest BCUT2D eigenvalue weighted by Crippen LogP contribution is -2.25. The molecular formula is C27H27N3O5S2. The van der Waals surface area contributed by atoms with Crippen molar-refractivity contribution in [2.45, 2.75) is 24.8 Å². The van der Waals surface area contributed by atoms with E-state index in [1.165, 1.54) is 23.5 Å². The largest absolute Gasteiger partial charge is 0.496 e. The van der Waals surface area contributed by atoms with E-state index < -0.39 is 21.8 Å². The highest BCUT2D eigenvalue weighted by molar-refractivity contribution is 7.91. The van der Waals surface area contributed by atoms with Crippen LogP contribution in [0, 0.1) is 6.92 Å². The van der Waals surface area contributed by atoms with Gasteiger partial charge in [0.2, 0.25) is 6.10 Å². The Balaban J connectivity index is 1.65. The van der Waals surface area contributed by atoms with E-state index in [1.807, 2.05) is 31.2 Å². The summed E-state index contributed by atoms with van der Waals surface area (Å²) >= 11 is 1.33. The third-order valence-electron chi connectivity index (χ3n) is 5.71. The lowest BCUT2D eigenvalue weighted by atomic mass is 10.1. The summed E-state index contributed by atoms with van der Waals surface area (Å²) in [5, 5.41) is 3.28. The molecule has 0 spiro atoms. The van der Waals surface area contributed by atoms with Gasteiger partial charge in [-0.3, -0.25) is 15.1 Å². The van der Waals surface area contributed by atoms with Gasteiger partial charge in [0, 0.05) is 18.8 Å². The number of ether oxygens (including phenoxy) is 2. The number of benzene rings is 3. The Morgan fingerprint density at radius 2 is 1.84 bits per heavy atom. The molecule has 0 bridgehead atoms. The molecule has 1 N–H and O–H groups in total. The summed E-state index contributed by atoms with van der Waals surface area (Å²) < 4.78 is 36.9. The molecule has 3 aromatic carbocycles. The molecule has 0 aliphatic heterocycles. The van der Waals surface area contributed by atoms with E-state index in [-0.39, 0.29) is 10.6 Å². The summed E-state index contributed by atoms with van der Waals surface area (Å²) in [5.41, 5.74) is 3.09. The van der Waals surface area contributed by atoms with E-state index >= 15 is 0 Å². The molecular weight excluding hydrogens is 510 g/mol. The van der Waals surface area contributed by atoms with Crippen molar-refractivity contribution >= 4 is 48.6 Å². The van der Waals surface area contributed by atoms with Gasteiger partial charge in [-0.25, -0.2) is 13.4 Å². The summed E-state index contributed by atoms with van der Waals surface area (Å²) in [6, 6.07) is 17.1.